The van der Waals surface area contributed by atoms with Crippen LogP contribution in [0.4, 0.5) is 20.6 Å². The van der Waals surface area contributed by atoms with Crippen LogP contribution < -0.4 is 9.80 Å². The van der Waals surface area contributed by atoms with Gasteiger partial charge in [0.15, 0.2) is 5.69 Å². The maximum atomic E-state index is 15.2. The standard InChI is InChI=1S/C23H27FN6O5/c1-3-15-9-17(34-14-25)7-8-28(15)20-6-5-16(10-19(20)24)29-12-18(35-23(29)32)13-30-21(11-26-27-30)22(31)33-4-2/h5-6,10-11,15,17-18H,3-4,7-9,12-13H2,1-2H3. The zero-order chi connectivity index (χ0) is 24.9. The number of nitriles is 1. The average molecular weight is 487 g/mol. The molecule has 0 radical (unpaired) electrons. The number of hydrogen-bond donors (Lipinski definition) is 0. The van der Waals surface area contributed by atoms with Crippen LogP contribution in [-0.4, -0.2) is 65.0 Å². The zero-order valence-corrected chi connectivity index (χ0v) is 19.6. The van der Waals surface area contributed by atoms with Crippen LogP contribution in [0.25, 0.3) is 0 Å². The third-order valence-electron chi connectivity index (χ3n) is 6.26. The first-order valence-corrected chi connectivity index (χ1v) is 11.6. The Balaban J connectivity index is 1.45. The van der Waals surface area contributed by atoms with Crippen LogP contribution in [0, 0.1) is 17.3 Å². The van der Waals surface area contributed by atoms with Crippen LogP contribution in [0.3, 0.4) is 0 Å². The van der Waals surface area contributed by atoms with E-state index >= 15 is 4.39 Å². The molecule has 0 saturated carbocycles. The van der Waals surface area contributed by atoms with Gasteiger partial charge in [0.2, 0.25) is 0 Å². The second-order valence-corrected chi connectivity index (χ2v) is 8.38. The Morgan fingerprint density at radius 1 is 1.37 bits per heavy atom. The molecule has 3 unspecified atom stereocenters. The maximum absolute atomic E-state index is 15.2. The van der Waals surface area contributed by atoms with Crippen LogP contribution in [0.2, 0.25) is 0 Å². The second-order valence-electron chi connectivity index (χ2n) is 8.38. The van der Waals surface area contributed by atoms with Crippen molar-refractivity contribution in [2.75, 3.05) is 29.5 Å². The minimum Gasteiger partial charge on any atom is -0.461 e. The number of esters is 1. The number of amides is 1. The molecule has 3 heterocycles. The number of anilines is 2. The molecule has 0 bridgehead atoms. The molecule has 3 atom stereocenters. The summed E-state index contributed by atoms with van der Waals surface area (Å²) in [5, 5.41) is 16.4. The van der Waals surface area contributed by atoms with Crippen LogP contribution >= 0.6 is 0 Å². The van der Waals surface area contributed by atoms with Crippen LogP contribution in [0.5, 0.6) is 0 Å². The molecule has 11 nitrogen and oxygen atoms in total. The van der Waals surface area contributed by atoms with Gasteiger partial charge in [-0.1, -0.05) is 12.1 Å². The van der Waals surface area contributed by atoms with Crippen LogP contribution in [0.1, 0.15) is 43.6 Å². The van der Waals surface area contributed by atoms with Crippen LogP contribution in [-0.2, 0) is 20.8 Å². The number of ether oxygens (including phenoxy) is 3. The Morgan fingerprint density at radius 2 is 2.20 bits per heavy atom. The van der Waals surface area contributed by atoms with Gasteiger partial charge in [-0.2, -0.15) is 5.26 Å². The van der Waals surface area contributed by atoms with Gasteiger partial charge in [-0.25, -0.2) is 18.7 Å². The molecule has 2 fully saturated rings. The molecule has 35 heavy (non-hydrogen) atoms. The van der Waals surface area contributed by atoms with Crippen molar-refractivity contribution in [2.24, 2.45) is 0 Å². The van der Waals surface area contributed by atoms with Gasteiger partial charge in [-0.3, -0.25) is 4.90 Å². The highest BCUT2D eigenvalue weighted by Crippen LogP contribution is 2.33. The second kappa shape index (κ2) is 10.6. The van der Waals surface area contributed by atoms with E-state index < -0.39 is 24.0 Å². The third-order valence-corrected chi connectivity index (χ3v) is 6.26. The molecule has 4 rings (SSSR count). The normalized spacial score (nSPS) is 22.0. The van der Waals surface area contributed by atoms with Crippen molar-refractivity contribution in [1.82, 2.24) is 15.0 Å². The van der Waals surface area contributed by atoms with Crippen molar-refractivity contribution < 1.29 is 28.2 Å². The first kappa shape index (κ1) is 24.3. The lowest BCUT2D eigenvalue weighted by Gasteiger charge is -2.39. The van der Waals surface area contributed by atoms with Crippen molar-refractivity contribution in [2.45, 2.75) is 57.9 Å². The van der Waals surface area contributed by atoms with Crippen molar-refractivity contribution >= 4 is 23.4 Å². The lowest BCUT2D eigenvalue weighted by Crippen LogP contribution is -2.45. The van der Waals surface area contributed by atoms with E-state index in [0.717, 1.165) is 6.42 Å². The highest BCUT2D eigenvalue weighted by Gasteiger charge is 2.35. The molecule has 1 amide bonds. The van der Waals surface area contributed by atoms with Crippen molar-refractivity contribution in [1.29, 1.82) is 5.26 Å². The molecule has 186 valence electrons. The molecular weight excluding hydrogens is 459 g/mol. The van der Waals surface area contributed by atoms with E-state index in [1.807, 2.05) is 11.8 Å². The van der Waals surface area contributed by atoms with Crippen molar-refractivity contribution in [3.63, 3.8) is 0 Å². The number of nitrogens with zero attached hydrogens (tertiary/aromatic N) is 6. The summed E-state index contributed by atoms with van der Waals surface area (Å²) >= 11 is 0. The highest BCUT2D eigenvalue weighted by molar-refractivity contribution is 5.90. The fraction of sp³-hybridized carbons (Fsp3) is 0.522. The van der Waals surface area contributed by atoms with Gasteiger partial charge in [0.25, 0.3) is 6.26 Å². The number of carbonyl (C=O) groups is 2. The predicted octanol–water partition coefficient (Wildman–Crippen LogP) is 2.86. The fourth-order valence-electron chi connectivity index (χ4n) is 4.57. The number of rotatable bonds is 8. The van der Waals surface area contributed by atoms with E-state index in [9.17, 15) is 9.59 Å². The largest absolute Gasteiger partial charge is 0.461 e. The summed E-state index contributed by atoms with van der Waals surface area (Å²) in [6.07, 6.45) is 3.71. The minimum atomic E-state index is -0.610. The van der Waals surface area contributed by atoms with Gasteiger partial charge in [-0.15, -0.1) is 5.10 Å². The van der Waals surface area contributed by atoms with Gasteiger partial charge in [0.1, 0.15) is 18.0 Å². The van der Waals surface area contributed by atoms with Gasteiger partial charge < -0.3 is 19.1 Å². The number of hydrogen-bond acceptors (Lipinski definition) is 9. The third kappa shape index (κ3) is 5.13. The molecule has 1 aromatic heterocycles. The molecule has 2 aliphatic heterocycles. The van der Waals surface area contributed by atoms with E-state index in [1.54, 1.807) is 25.3 Å². The summed E-state index contributed by atoms with van der Waals surface area (Å²) in [4.78, 5) is 27.9. The smallest absolute Gasteiger partial charge is 0.414 e. The fourth-order valence-corrected chi connectivity index (χ4v) is 4.57. The van der Waals surface area contributed by atoms with Gasteiger partial charge >= 0.3 is 12.1 Å². The first-order valence-electron chi connectivity index (χ1n) is 11.6. The van der Waals surface area contributed by atoms with E-state index in [1.165, 1.54) is 21.8 Å². The molecule has 0 N–H and O–H groups in total. The Morgan fingerprint density at radius 3 is 2.91 bits per heavy atom. The molecule has 0 aliphatic carbocycles. The summed E-state index contributed by atoms with van der Waals surface area (Å²) in [5.41, 5.74) is 0.978. The quantitative estimate of drug-likeness (QED) is 0.409. The molecule has 2 aromatic rings. The molecule has 2 saturated heterocycles. The molecule has 2 aliphatic rings. The zero-order valence-electron chi connectivity index (χ0n) is 19.6. The molecule has 12 heteroatoms. The maximum Gasteiger partial charge on any atom is 0.414 e. The van der Waals surface area contributed by atoms with E-state index in [4.69, 9.17) is 19.5 Å². The number of piperidine rings is 1. The average Bonchev–Trinajstić information content (AvgIpc) is 3.46. The molecule has 1 aromatic carbocycles. The van der Waals surface area contributed by atoms with E-state index in [0.29, 0.717) is 30.8 Å². The number of carbonyl (C=O) groups excluding carboxylic acids is 2. The Labute approximate surface area is 201 Å². The lowest BCUT2D eigenvalue weighted by atomic mass is 9.96. The van der Waals surface area contributed by atoms with Gasteiger partial charge in [0.05, 0.1) is 37.3 Å². The summed E-state index contributed by atoms with van der Waals surface area (Å²) in [6.45, 7) is 4.75. The lowest BCUT2D eigenvalue weighted by molar-refractivity contribution is 0.0507. The predicted molar refractivity (Wildman–Crippen MR) is 121 cm³/mol. The number of aromatic nitrogens is 3. The van der Waals surface area contributed by atoms with Crippen molar-refractivity contribution in [3.8, 4) is 6.26 Å². The Bertz CT molecular complexity index is 1120. The van der Waals surface area contributed by atoms with E-state index in [2.05, 4.69) is 10.3 Å². The summed E-state index contributed by atoms with van der Waals surface area (Å²) in [7, 11) is 0. The topological polar surface area (TPSA) is 123 Å². The number of halogens is 1. The first-order chi connectivity index (χ1) is 16.9. The molecule has 0 spiro atoms. The SMILES string of the molecule is CCOC(=O)c1cnnn1CC1CN(c2ccc(N3CCC(OC#N)CC3CC)c(F)c2)C(=O)O1. The van der Waals surface area contributed by atoms with Crippen LogP contribution in [0.15, 0.2) is 24.4 Å². The number of benzene rings is 1. The summed E-state index contributed by atoms with van der Waals surface area (Å²) in [5.74, 6) is -1.01. The van der Waals surface area contributed by atoms with Gasteiger partial charge in [0, 0.05) is 25.4 Å². The summed E-state index contributed by atoms with van der Waals surface area (Å²) in [6, 6.07) is 4.71. The Hall–Kier alpha value is -3.88. The van der Waals surface area contributed by atoms with Gasteiger partial charge in [-0.05, 0) is 31.5 Å². The van der Waals surface area contributed by atoms with E-state index in [-0.39, 0.29) is 37.5 Å². The monoisotopic (exact) mass is 486 g/mol. The molecular formula is C23H27FN6O5. The Kier molecular flexibility index (Phi) is 7.33. The van der Waals surface area contributed by atoms with Crippen molar-refractivity contribution in [3.05, 3.63) is 35.9 Å². The highest BCUT2D eigenvalue weighted by atomic mass is 19.1. The summed E-state index contributed by atoms with van der Waals surface area (Å²) < 4.78 is 32.0. The number of cyclic esters (lactones) is 1. The minimum absolute atomic E-state index is 0.0415.